The lowest BCUT2D eigenvalue weighted by atomic mass is 10.2. The Hall–Kier alpha value is -2.23. The fourth-order valence-electron chi connectivity index (χ4n) is 2.24. The number of aromatic hydroxyl groups is 1. The number of hydrogen-bond acceptors (Lipinski definition) is 7. The van der Waals surface area contributed by atoms with Crippen molar-refractivity contribution in [2.45, 2.75) is 18.2 Å². The normalized spacial score (nSPS) is 11.4. The van der Waals surface area contributed by atoms with E-state index >= 15 is 0 Å². The second-order valence-electron chi connectivity index (χ2n) is 5.46. The molecule has 1 aromatic carbocycles. The fourth-order valence-corrected chi connectivity index (χ4v) is 4.68. The Morgan fingerprint density at radius 2 is 2.08 bits per heavy atom. The van der Waals surface area contributed by atoms with Crippen LogP contribution in [0.25, 0.3) is 10.6 Å². The van der Waals surface area contributed by atoms with Crippen LogP contribution in [0.2, 0.25) is 0 Å². The number of thiazole rings is 1. The number of phenolic OH excluding ortho intramolecular Hbond substituents is 1. The van der Waals surface area contributed by atoms with Crippen molar-refractivity contribution in [1.29, 1.82) is 0 Å². The maximum atomic E-state index is 12.3. The molecule has 0 atom stereocenters. The van der Waals surface area contributed by atoms with Gasteiger partial charge in [0, 0.05) is 16.3 Å². The highest BCUT2D eigenvalue weighted by Crippen LogP contribution is 2.28. The number of hydrogen-bond donors (Lipinski definition) is 2. The Labute approximate surface area is 159 Å². The highest BCUT2D eigenvalue weighted by atomic mass is 32.2. The van der Waals surface area contributed by atoms with Crippen LogP contribution in [-0.4, -0.2) is 30.2 Å². The Balaban J connectivity index is 1.73. The van der Waals surface area contributed by atoms with Crippen LogP contribution in [0.5, 0.6) is 5.75 Å². The predicted octanol–water partition coefficient (Wildman–Crippen LogP) is 3.55. The third kappa shape index (κ3) is 4.12. The van der Waals surface area contributed by atoms with Gasteiger partial charge in [0.1, 0.15) is 10.8 Å². The van der Waals surface area contributed by atoms with Crippen molar-refractivity contribution >= 4 is 44.1 Å². The van der Waals surface area contributed by atoms with Gasteiger partial charge in [-0.2, -0.15) is 11.3 Å². The van der Waals surface area contributed by atoms with E-state index in [4.69, 9.17) is 0 Å². The Morgan fingerprint density at radius 3 is 2.77 bits per heavy atom. The highest BCUT2D eigenvalue weighted by molar-refractivity contribution is 7.91. The van der Waals surface area contributed by atoms with Gasteiger partial charge in [-0.1, -0.05) is 6.92 Å². The van der Waals surface area contributed by atoms with Crippen molar-refractivity contribution in [3.63, 3.8) is 0 Å². The third-order valence-corrected chi connectivity index (χ3v) is 7.00. The number of phenols is 1. The van der Waals surface area contributed by atoms with Gasteiger partial charge in [-0.05, 0) is 29.6 Å². The number of carbonyl (C=O) groups is 1. The van der Waals surface area contributed by atoms with Crippen molar-refractivity contribution in [1.82, 2.24) is 4.98 Å². The molecule has 2 N–H and O–H groups in total. The van der Waals surface area contributed by atoms with E-state index in [0.717, 1.165) is 10.6 Å². The Bertz CT molecular complexity index is 1020. The molecule has 26 heavy (non-hydrogen) atoms. The summed E-state index contributed by atoms with van der Waals surface area (Å²) in [5.74, 6) is -0.630. The molecule has 9 heteroatoms. The minimum atomic E-state index is -3.43. The molecule has 0 aliphatic heterocycles. The molecular formula is C17H16N2O4S3. The van der Waals surface area contributed by atoms with E-state index in [1.807, 2.05) is 22.2 Å². The first-order valence-corrected chi connectivity index (χ1v) is 11.2. The van der Waals surface area contributed by atoms with Gasteiger partial charge in [-0.3, -0.25) is 4.79 Å². The molecule has 0 radical (unpaired) electrons. The lowest BCUT2D eigenvalue weighted by molar-refractivity contribution is -0.115. The van der Waals surface area contributed by atoms with Crippen molar-refractivity contribution in [3.05, 3.63) is 46.1 Å². The summed E-state index contributed by atoms with van der Waals surface area (Å²) < 4.78 is 23.9. The van der Waals surface area contributed by atoms with E-state index in [1.54, 1.807) is 11.3 Å². The van der Waals surface area contributed by atoms with Gasteiger partial charge in [0.05, 0.1) is 28.5 Å². The van der Waals surface area contributed by atoms with Crippen LogP contribution in [0.3, 0.4) is 0 Å². The summed E-state index contributed by atoms with van der Waals surface area (Å²) in [5.41, 5.74) is 1.70. The van der Waals surface area contributed by atoms with Crippen LogP contribution in [0.15, 0.2) is 45.3 Å². The standard InChI is InChI=1S/C17H16N2O4S3/c1-2-26(22,23)13-3-4-15(20)14(8-13)19-16(21)7-12-10-25-17(18-12)11-5-6-24-9-11/h3-6,8-10,20H,2,7H2,1H3,(H,19,21). The molecule has 0 aliphatic rings. The van der Waals surface area contributed by atoms with E-state index in [1.165, 1.54) is 36.5 Å². The Kier molecular flexibility index (Phi) is 5.40. The SMILES string of the molecule is CCS(=O)(=O)c1ccc(O)c(NC(=O)Cc2csc(-c3ccsc3)n2)c1. The monoisotopic (exact) mass is 408 g/mol. The topological polar surface area (TPSA) is 96.4 Å². The van der Waals surface area contributed by atoms with Crippen molar-refractivity contribution in [2.75, 3.05) is 11.1 Å². The number of benzene rings is 1. The summed E-state index contributed by atoms with van der Waals surface area (Å²) in [7, 11) is -3.43. The van der Waals surface area contributed by atoms with Crippen molar-refractivity contribution in [2.24, 2.45) is 0 Å². The van der Waals surface area contributed by atoms with E-state index in [2.05, 4.69) is 10.3 Å². The number of aromatic nitrogens is 1. The first-order chi connectivity index (χ1) is 12.4. The van der Waals surface area contributed by atoms with Gasteiger partial charge in [-0.25, -0.2) is 13.4 Å². The molecule has 0 aliphatic carbocycles. The molecule has 2 heterocycles. The average molecular weight is 409 g/mol. The first-order valence-electron chi connectivity index (χ1n) is 7.71. The maximum absolute atomic E-state index is 12.3. The third-order valence-electron chi connectivity index (χ3n) is 3.64. The number of sulfone groups is 1. The molecule has 136 valence electrons. The van der Waals surface area contributed by atoms with Gasteiger partial charge < -0.3 is 10.4 Å². The molecule has 3 aromatic rings. The lowest BCUT2D eigenvalue weighted by Crippen LogP contribution is -2.15. The molecule has 0 spiro atoms. The summed E-state index contributed by atoms with van der Waals surface area (Å²) >= 11 is 3.03. The largest absolute Gasteiger partial charge is 0.506 e. The summed E-state index contributed by atoms with van der Waals surface area (Å²) in [6.45, 7) is 1.54. The average Bonchev–Trinajstić information content (AvgIpc) is 3.28. The molecule has 1 amide bonds. The van der Waals surface area contributed by atoms with Gasteiger partial charge in [0.25, 0.3) is 0 Å². The number of thiophene rings is 1. The summed E-state index contributed by atoms with van der Waals surface area (Å²) in [5, 5.41) is 19.0. The van der Waals surface area contributed by atoms with Gasteiger partial charge >= 0.3 is 0 Å². The molecule has 3 rings (SSSR count). The molecule has 0 fully saturated rings. The quantitative estimate of drug-likeness (QED) is 0.608. The lowest BCUT2D eigenvalue weighted by Gasteiger charge is -2.09. The van der Waals surface area contributed by atoms with Crippen LogP contribution in [0, 0.1) is 0 Å². The first kappa shape index (κ1) is 18.6. The van der Waals surface area contributed by atoms with Gasteiger partial charge in [-0.15, -0.1) is 11.3 Å². The van der Waals surface area contributed by atoms with E-state index in [-0.39, 0.29) is 34.4 Å². The van der Waals surface area contributed by atoms with Gasteiger partial charge in [0.2, 0.25) is 5.91 Å². The zero-order chi connectivity index (χ0) is 18.7. The predicted molar refractivity (Wildman–Crippen MR) is 104 cm³/mol. The number of rotatable bonds is 6. The molecule has 0 saturated carbocycles. The molecule has 0 bridgehead atoms. The van der Waals surface area contributed by atoms with Crippen LogP contribution >= 0.6 is 22.7 Å². The maximum Gasteiger partial charge on any atom is 0.230 e. The summed E-state index contributed by atoms with van der Waals surface area (Å²) in [6.07, 6.45) is 0.0326. The number of nitrogens with one attached hydrogen (secondary N) is 1. The number of nitrogens with zero attached hydrogens (tertiary/aromatic N) is 1. The Morgan fingerprint density at radius 1 is 1.27 bits per heavy atom. The molecule has 2 aromatic heterocycles. The molecule has 0 unspecified atom stereocenters. The zero-order valence-electron chi connectivity index (χ0n) is 13.8. The molecule has 0 saturated heterocycles. The van der Waals surface area contributed by atoms with Crippen LogP contribution in [-0.2, 0) is 21.1 Å². The highest BCUT2D eigenvalue weighted by Gasteiger charge is 2.16. The molecule has 6 nitrogen and oxygen atoms in total. The van der Waals surface area contributed by atoms with Crippen LogP contribution in [0.1, 0.15) is 12.6 Å². The number of amides is 1. The van der Waals surface area contributed by atoms with Crippen molar-refractivity contribution < 1.29 is 18.3 Å². The zero-order valence-corrected chi connectivity index (χ0v) is 16.2. The second-order valence-corrected chi connectivity index (χ2v) is 9.38. The van der Waals surface area contributed by atoms with Gasteiger partial charge in [0.15, 0.2) is 9.84 Å². The minimum absolute atomic E-state index is 0.0326. The van der Waals surface area contributed by atoms with Crippen LogP contribution in [0.4, 0.5) is 5.69 Å². The van der Waals surface area contributed by atoms with E-state index in [9.17, 15) is 18.3 Å². The molecular weight excluding hydrogens is 392 g/mol. The summed E-state index contributed by atoms with van der Waals surface area (Å²) in [4.78, 5) is 16.7. The van der Waals surface area contributed by atoms with Crippen molar-refractivity contribution in [3.8, 4) is 16.3 Å². The minimum Gasteiger partial charge on any atom is -0.506 e. The number of carbonyl (C=O) groups excluding carboxylic acids is 1. The smallest absolute Gasteiger partial charge is 0.230 e. The van der Waals surface area contributed by atoms with Crippen LogP contribution < -0.4 is 5.32 Å². The van der Waals surface area contributed by atoms with E-state index in [0.29, 0.717) is 5.69 Å². The number of anilines is 1. The van der Waals surface area contributed by atoms with E-state index < -0.39 is 9.84 Å². The second kappa shape index (κ2) is 7.56. The fraction of sp³-hybridized carbons (Fsp3) is 0.176. The summed E-state index contributed by atoms with van der Waals surface area (Å²) in [6, 6.07) is 5.81.